The van der Waals surface area contributed by atoms with Gasteiger partial charge in [0, 0.05) is 20.4 Å². The molecule has 0 saturated heterocycles. The number of likely N-dealkylation sites (N-methyl/N-ethyl adjacent to an activating group) is 1. The van der Waals surface area contributed by atoms with Gasteiger partial charge in [0.15, 0.2) is 0 Å². The van der Waals surface area contributed by atoms with Crippen molar-refractivity contribution in [2.75, 3.05) is 7.05 Å². The first kappa shape index (κ1) is 18.7. The smallest absolute Gasteiger partial charge is 0.243 e. The minimum Gasteiger partial charge on any atom is -0.357 e. The molecule has 1 rings (SSSR count). The summed E-state index contributed by atoms with van der Waals surface area (Å²) < 4.78 is 0. The van der Waals surface area contributed by atoms with Crippen LogP contribution < -0.4 is 16.0 Å². The normalized spacial score (nSPS) is 13.1. The molecule has 0 aromatic heterocycles. The Kier molecular flexibility index (Phi) is 7.25. The largest absolute Gasteiger partial charge is 0.357 e. The lowest BCUT2D eigenvalue weighted by molar-refractivity contribution is -0.132. The van der Waals surface area contributed by atoms with Crippen LogP contribution in [0.4, 0.5) is 0 Å². The highest BCUT2D eigenvalue weighted by Gasteiger charge is 2.27. The van der Waals surface area contributed by atoms with Crippen molar-refractivity contribution in [1.82, 2.24) is 16.0 Å². The van der Waals surface area contributed by atoms with E-state index >= 15 is 0 Å². The number of rotatable bonds is 7. The molecule has 126 valence electrons. The second-order valence-corrected chi connectivity index (χ2v) is 5.79. The summed E-state index contributed by atoms with van der Waals surface area (Å²) in [4.78, 5) is 35.7. The molecule has 0 heterocycles. The third-order valence-corrected chi connectivity index (χ3v) is 3.47. The van der Waals surface area contributed by atoms with E-state index in [2.05, 4.69) is 16.0 Å². The minimum absolute atomic E-state index is 0.0824. The molecular weight excluding hydrogens is 294 g/mol. The first-order chi connectivity index (χ1) is 10.8. The lowest BCUT2D eigenvalue weighted by Crippen LogP contribution is -2.55. The van der Waals surface area contributed by atoms with Gasteiger partial charge >= 0.3 is 0 Å². The van der Waals surface area contributed by atoms with E-state index in [1.54, 1.807) is 0 Å². The van der Waals surface area contributed by atoms with Crippen LogP contribution in [0.2, 0.25) is 0 Å². The predicted octanol–water partition coefficient (Wildman–Crippen LogP) is 0.621. The average Bonchev–Trinajstić information content (AvgIpc) is 2.51. The molecule has 0 spiro atoms. The van der Waals surface area contributed by atoms with Crippen molar-refractivity contribution in [2.45, 2.75) is 39.3 Å². The van der Waals surface area contributed by atoms with Crippen LogP contribution in [0.5, 0.6) is 0 Å². The Hall–Kier alpha value is -2.37. The van der Waals surface area contributed by atoms with Crippen LogP contribution in [0.3, 0.4) is 0 Å². The van der Waals surface area contributed by atoms with Gasteiger partial charge in [0.1, 0.15) is 12.1 Å². The Bertz CT molecular complexity index is 543. The van der Waals surface area contributed by atoms with Gasteiger partial charge in [-0.05, 0) is 11.5 Å². The van der Waals surface area contributed by atoms with Crippen molar-refractivity contribution < 1.29 is 14.4 Å². The molecule has 3 N–H and O–H groups in total. The number of nitrogens with one attached hydrogen (secondary N) is 3. The first-order valence-electron chi connectivity index (χ1n) is 7.68. The van der Waals surface area contributed by atoms with Crippen molar-refractivity contribution in [3.05, 3.63) is 35.9 Å². The highest BCUT2D eigenvalue weighted by molar-refractivity contribution is 5.92. The number of hydrogen-bond donors (Lipinski definition) is 3. The molecule has 1 aromatic carbocycles. The Labute approximate surface area is 137 Å². The second-order valence-electron chi connectivity index (χ2n) is 5.79. The average molecular weight is 319 g/mol. The summed E-state index contributed by atoms with van der Waals surface area (Å²) in [7, 11) is 1.53. The SMILES string of the molecule is CNC(=O)[C@@H](Cc1ccccc1)NC(=O)[C@H](NC(C)=O)C(C)C. The fraction of sp³-hybridized carbons (Fsp3) is 0.471. The molecule has 6 heteroatoms. The van der Waals surface area contributed by atoms with Crippen molar-refractivity contribution >= 4 is 17.7 Å². The summed E-state index contributed by atoms with van der Waals surface area (Å²) in [5, 5.41) is 7.92. The molecule has 6 nitrogen and oxygen atoms in total. The number of hydrogen-bond acceptors (Lipinski definition) is 3. The van der Waals surface area contributed by atoms with Gasteiger partial charge in [-0.25, -0.2) is 0 Å². The quantitative estimate of drug-likeness (QED) is 0.688. The highest BCUT2D eigenvalue weighted by Crippen LogP contribution is 2.06. The fourth-order valence-corrected chi connectivity index (χ4v) is 2.25. The summed E-state index contributed by atoms with van der Waals surface area (Å²) in [6.07, 6.45) is 0.386. The van der Waals surface area contributed by atoms with Crippen LogP contribution in [-0.4, -0.2) is 36.9 Å². The molecular formula is C17H25N3O3. The Morgan fingerprint density at radius 1 is 1.00 bits per heavy atom. The molecule has 3 amide bonds. The van der Waals surface area contributed by atoms with Gasteiger partial charge in [-0.1, -0.05) is 44.2 Å². The molecule has 0 saturated carbocycles. The van der Waals surface area contributed by atoms with Crippen molar-refractivity contribution in [2.24, 2.45) is 5.92 Å². The Balaban J connectivity index is 2.85. The maximum atomic E-state index is 12.4. The van der Waals surface area contributed by atoms with E-state index in [-0.39, 0.29) is 23.6 Å². The Morgan fingerprint density at radius 2 is 1.61 bits per heavy atom. The van der Waals surface area contributed by atoms with E-state index < -0.39 is 12.1 Å². The standard InChI is InChI=1S/C17H25N3O3/c1-11(2)15(19-12(3)21)17(23)20-14(16(22)18-4)10-13-8-6-5-7-9-13/h5-9,11,14-15H,10H2,1-4H3,(H,18,22)(H,19,21)(H,20,23)/t14-,15-/m1/s1. The van der Waals surface area contributed by atoms with Gasteiger partial charge in [0.05, 0.1) is 0 Å². The minimum atomic E-state index is -0.690. The molecule has 23 heavy (non-hydrogen) atoms. The summed E-state index contributed by atoms with van der Waals surface area (Å²) in [5.74, 6) is -0.994. The van der Waals surface area contributed by atoms with Gasteiger partial charge in [-0.2, -0.15) is 0 Å². The van der Waals surface area contributed by atoms with Crippen LogP contribution >= 0.6 is 0 Å². The van der Waals surface area contributed by atoms with Crippen LogP contribution in [0.1, 0.15) is 26.3 Å². The fourth-order valence-electron chi connectivity index (χ4n) is 2.25. The van der Waals surface area contributed by atoms with Crippen molar-refractivity contribution in [1.29, 1.82) is 0 Å². The third kappa shape index (κ3) is 6.10. The monoisotopic (exact) mass is 319 g/mol. The maximum absolute atomic E-state index is 12.4. The summed E-state index contributed by atoms with van der Waals surface area (Å²) in [6.45, 7) is 5.04. The van der Waals surface area contributed by atoms with E-state index in [0.717, 1.165) is 5.56 Å². The molecule has 2 atom stereocenters. The van der Waals surface area contributed by atoms with E-state index in [1.807, 2.05) is 44.2 Å². The summed E-state index contributed by atoms with van der Waals surface area (Å²) >= 11 is 0. The Morgan fingerprint density at radius 3 is 2.09 bits per heavy atom. The summed E-state index contributed by atoms with van der Waals surface area (Å²) in [6, 6.07) is 8.09. The predicted molar refractivity (Wildman–Crippen MR) is 88.6 cm³/mol. The number of carbonyl (C=O) groups is 3. The molecule has 0 fully saturated rings. The van der Waals surface area contributed by atoms with E-state index in [4.69, 9.17) is 0 Å². The van der Waals surface area contributed by atoms with Crippen molar-refractivity contribution in [3.8, 4) is 0 Å². The van der Waals surface area contributed by atoms with Crippen LogP contribution in [-0.2, 0) is 20.8 Å². The van der Waals surface area contributed by atoms with E-state index in [1.165, 1.54) is 14.0 Å². The maximum Gasteiger partial charge on any atom is 0.243 e. The number of benzene rings is 1. The zero-order chi connectivity index (χ0) is 17.4. The number of carbonyl (C=O) groups excluding carboxylic acids is 3. The number of amides is 3. The highest BCUT2D eigenvalue weighted by atomic mass is 16.2. The molecule has 0 radical (unpaired) electrons. The molecule has 0 aliphatic rings. The topological polar surface area (TPSA) is 87.3 Å². The molecule has 0 bridgehead atoms. The first-order valence-corrected chi connectivity index (χ1v) is 7.68. The third-order valence-electron chi connectivity index (χ3n) is 3.47. The zero-order valence-corrected chi connectivity index (χ0v) is 14.1. The van der Waals surface area contributed by atoms with Gasteiger partial charge in [-0.3, -0.25) is 14.4 Å². The second kappa shape index (κ2) is 8.92. The van der Waals surface area contributed by atoms with Gasteiger partial charge in [0.25, 0.3) is 0 Å². The van der Waals surface area contributed by atoms with Crippen LogP contribution in [0, 0.1) is 5.92 Å². The van der Waals surface area contributed by atoms with Gasteiger partial charge in [-0.15, -0.1) is 0 Å². The van der Waals surface area contributed by atoms with Crippen LogP contribution in [0.15, 0.2) is 30.3 Å². The van der Waals surface area contributed by atoms with Gasteiger partial charge < -0.3 is 16.0 Å². The summed E-state index contributed by atoms with van der Waals surface area (Å²) in [5.41, 5.74) is 0.946. The van der Waals surface area contributed by atoms with Gasteiger partial charge in [0.2, 0.25) is 17.7 Å². The lowest BCUT2D eigenvalue weighted by Gasteiger charge is -2.24. The lowest BCUT2D eigenvalue weighted by atomic mass is 10.0. The van der Waals surface area contributed by atoms with Crippen molar-refractivity contribution in [3.63, 3.8) is 0 Å². The van der Waals surface area contributed by atoms with Crippen LogP contribution in [0.25, 0.3) is 0 Å². The molecule has 0 aliphatic heterocycles. The molecule has 0 unspecified atom stereocenters. The van der Waals surface area contributed by atoms with E-state index in [0.29, 0.717) is 6.42 Å². The van der Waals surface area contributed by atoms with E-state index in [9.17, 15) is 14.4 Å². The molecule has 0 aliphatic carbocycles. The zero-order valence-electron chi connectivity index (χ0n) is 14.1. The molecule has 1 aromatic rings.